The number of carbonyl (C=O) groups is 1. The van der Waals surface area contributed by atoms with Gasteiger partial charge >= 0.3 is 6.09 Å². The van der Waals surface area contributed by atoms with E-state index in [1.54, 1.807) is 11.8 Å². The zero-order valence-corrected chi connectivity index (χ0v) is 18.8. The zero-order chi connectivity index (χ0) is 22.1. The van der Waals surface area contributed by atoms with Gasteiger partial charge in [-0.05, 0) is 26.3 Å². The van der Waals surface area contributed by atoms with Crippen LogP contribution in [0.5, 0.6) is 5.88 Å². The Morgan fingerprint density at radius 3 is 2.35 bits per heavy atom. The minimum absolute atomic E-state index is 0.271. The van der Waals surface area contributed by atoms with Gasteiger partial charge in [0.05, 0.1) is 12.2 Å². The molecular weight excluding hydrogens is 410 g/mol. The number of nitrogens with zero attached hydrogens (tertiary/aromatic N) is 2. The highest BCUT2D eigenvalue weighted by molar-refractivity contribution is 7.98. The van der Waals surface area contributed by atoms with Crippen LogP contribution in [0.15, 0.2) is 71.9 Å². The lowest BCUT2D eigenvalue weighted by molar-refractivity contribution is 0.0519. The standard InChI is InChI=1S/C24H27N3O3S/c1-24(2,3)30-23(28)25-14-15-29-21-16-20(19-12-8-5-9-13-19)26-22(27-21)31-17-18-10-6-4-7-11-18/h4-13,16H,14-15,17H2,1-3H3,(H,25,28). The van der Waals surface area contributed by atoms with Crippen molar-refractivity contribution in [3.8, 4) is 17.1 Å². The highest BCUT2D eigenvalue weighted by Gasteiger charge is 2.15. The fourth-order valence-electron chi connectivity index (χ4n) is 2.64. The van der Waals surface area contributed by atoms with E-state index in [0.717, 1.165) is 17.0 Å². The second-order valence-corrected chi connectivity index (χ2v) is 8.73. The SMILES string of the molecule is CC(C)(C)OC(=O)NCCOc1cc(-c2ccccc2)nc(SCc2ccccc2)n1. The molecule has 0 spiro atoms. The van der Waals surface area contributed by atoms with E-state index in [0.29, 0.717) is 17.6 Å². The number of nitrogens with one attached hydrogen (secondary N) is 1. The fourth-order valence-corrected chi connectivity index (χ4v) is 3.45. The maximum atomic E-state index is 11.8. The number of benzene rings is 2. The van der Waals surface area contributed by atoms with E-state index < -0.39 is 11.7 Å². The molecule has 1 amide bonds. The quantitative estimate of drug-likeness (QED) is 0.291. The number of rotatable bonds is 8. The number of thioether (sulfide) groups is 1. The number of alkyl carbamates (subject to hydrolysis) is 1. The Morgan fingerprint density at radius 2 is 1.68 bits per heavy atom. The van der Waals surface area contributed by atoms with Crippen molar-refractivity contribution in [2.45, 2.75) is 37.3 Å². The van der Waals surface area contributed by atoms with Crippen LogP contribution in [0, 0.1) is 0 Å². The Balaban J connectivity index is 1.66. The molecule has 0 aliphatic carbocycles. The summed E-state index contributed by atoms with van der Waals surface area (Å²) in [7, 11) is 0. The molecule has 7 heteroatoms. The van der Waals surface area contributed by atoms with E-state index in [9.17, 15) is 4.79 Å². The molecule has 2 aromatic carbocycles. The van der Waals surface area contributed by atoms with E-state index in [4.69, 9.17) is 14.5 Å². The molecule has 0 aliphatic heterocycles. The topological polar surface area (TPSA) is 73.3 Å². The summed E-state index contributed by atoms with van der Waals surface area (Å²) in [6.07, 6.45) is -0.470. The van der Waals surface area contributed by atoms with E-state index in [-0.39, 0.29) is 6.61 Å². The summed E-state index contributed by atoms with van der Waals surface area (Å²) in [5, 5.41) is 3.32. The number of hydrogen-bond acceptors (Lipinski definition) is 6. The molecule has 0 radical (unpaired) electrons. The van der Waals surface area contributed by atoms with Crippen LogP contribution in [0.4, 0.5) is 4.79 Å². The Hall–Kier alpha value is -3.06. The number of hydrogen-bond donors (Lipinski definition) is 1. The molecule has 31 heavy (non-hydrogen) atoms. The van der Waals surface area contributed by atoms with Gasteiger partial charge in [-0.15, -0.1) is 0 Å². The lowest BCUT2D eigenvalue weighted by Crippen LogP contribution is -2.34. The predicted molar refractivity (Wildman–Crippen MR) is 123 cm³/mol. The van der Waals surface area contributed by atoms with Crippen molar-refractivity contribution >= 4 is 17.9 Å². The smallest absolute Gasteiger partial charge is 0.407 e. The minimum atomic E-state index is -0.535. The lowest BCUT2D eigenvalue weighted by atomic mass is 10.1. The average Bonchev–Trinajstić information content (AvgIpc) is 2.75. The van der Waals surface area contributed by atoms with Crippen molar-refractivity contribution in [1.82, 2.24) is 15.3 Å². The number of aromatic nitrogens is 2. The van der Waals surface area contributed by atoms with Crippen molar-refractivity contribution < 1.29 is 14.3 Å². The first-order chi connectivity index (χ1) is 14.9. The molecule has 0 unspecified atom stereocenters. The Kier molecular flexibility index (Phi) is 7.89. The van der Waals surface area contributed by atoms with Crippen molar-refractivity contribution in [2.24, 2.45) is 0 Å². The van der Waals surface area contributed by atoms with Gasteiger partial charge in [0.25, 0.3) is 0 Å². The molecule has 3 rings (SSSR count). The third kappa shape index (κ3) is 7.94. The molecule has 0 aliphatic rings. The molecule has 0 bridgehead atoms. The van der Waals surface area contributed by atoms with E-state index in [2.05, 4.69) is 22.4 Å². The molecule has 162 valence electrons. The fraction of sp³-hybridized carbons (Fsp3) is 0.292. The van der Waals surface area contributed by atoms with Gasteiger partial charge in [0, 0.05) is 17.4 Å². The van der Waals surface area contributed by atoms with Crippen LogP contribution in [0.3, 0.4) is 0 Å². The Bertz CT molecular complexity index is 976. The predicted octanol–water partition coefficient (Wildman–Crippen LogP) is 5.34. The van der Waals surface area contributed by atoms with Crippen LogP contribution in [-0.2, 0) is 10.5 Å². The van der Waals surface area contributed by atoms with Crippen molar-refractivity contribution in [2.75, 3.05) is 13.2 Å². The second-order valence-electron chi connectivity index (χ2n) is 7.79. The van der Waals surface area contributed by atoms with Crippen LogP contribution >= 0.6 is 11.8 Å². The van der Waals surface area contributed by atoms with Crippen LogP contribution in [-0.4, -0.2) is 34.8 Å². The highest BCUT2D eigenvalue weighted by atomic mass is 32.2. The van der Waals surface area contributed by atoms with Crippen LogP contribution in [0.25, 0.3) is 11.3 Å². The van der Waals surface area contributed by atoms with Gasteiger partial charge in [0.15, 0.2) is 5.16 Å². The van der Waals surface area contributed by atoms with Gasteiger partial charge in [-0.1, -0.05) is 72.4 Å². The maximum Gasteiger partial charge on any atom is 0.407 e. The van der Waals surface area contributed by atoms with Gasteiger partial charge in [-0.25, -0.2) is 9.78 Å². The first-order valence-electron chi connectivity index (χ1n) is 10.1. The van der Waals surface area contributed by atoms with Crippen LogP contribution in [0.1, 0.15) is 26.3 Å². The maximum absolute atomic E-state index is 11.8. The molecule has 0 saturated heterocycles. The second kappa shape index (κ2) is 10.8. The van der Waals surface area contributed by atoms with Crippen molar-refractivity contribution in [3.05, 3.63) is 72.3 Å². The number of carbonyl (C=O) groups excluding carboxylic acids is 1. The van der Waals surface area contributed by atoms with Gasteiger partial charge < -0.3 is 14.8 Å². The monoisotopic (exact) mass is 437 g/mol. The largest absolute Gasteiger partial charge is 0.476 e. The summed E-state index contributed by atoms with van der Waals surface area (Å²) in [5.41, 5.74) is 2.45. The summed E-state index contributed by atoms with van der Waals surface area (Å²) in [4.78, 5) is 21.0. The Morgan fingerprint density at radius 1 is 1.00 bits per heavy atom. The number of ether oxygens (including phenoxy) is 2. The van der Waals surface area contributed by atoms with E-state index >= 15 is 0 Å². The summed E-state index contributed by atoms with van der Waals surface area (Å²) in [6.45, 7) is 6.05. The summed E-state index contributed by atoms with van der Waals surface area (Å²) in [6, 6.07) is 21.9. The van der Waals surface area contributed by atoms with Gasteiger partial charge in [0.1, 0.15) is 12.2 Å². The molecule has 3 aromatic rings. The van der Waals surface area contributed by atoms with Gasteiger partial charge in [-0.3, -0.25) is 0 Å². The third-order valence-corrected chi connectivity index (χ3v) is 4.90. The average molecular weight is 438 g/mol. The van der Waals surface area contributed by atoms with Crippen molar-refractivity contribution in [1.29, 1.82) is 0 Å². The first-order valence-corrected chi connectivity index (χ1v) is 11.1. The highest BCUT2D eigenvalue weighted by Crippen LogP contribution is 2.26. The van der Waals surface area contributed by atoms with Gasteiger partial charge in [-0.2, -0.15) is 4.98 Å². The normalized spacial score (nSPS) is 11.1. The number of amides is 1. The molecule has 1 aromatic heterocycles. The molecular formula is C24H27N3O3S. The van der Waals surface area contributed by atoms with E-state index in [1.165, 1.54) is 5.56 Å². The summed E-state index contributed by atoms with van der Waals surface area (Å²) < 4.78 is 11.0. The zero-order valence-electron chi connectivity index (χ0n) is 18.0. The van der Waals surface area contributed by atoms with E-state index in [1.807, 2.05) is 75.4 Å². The first kappa shape index (κ1) is 22.6. The molecule has 0 fully saturated rings. The molecule has 0 atom stereocenters. The molecule has 1 N–H and O–H groups in total. The molecule has 0 saturated carbocycles. The Labute approximate surface area is 187 Å². The lowest BCUT2D eigenvalue weighted by Gasteiger charge is -2.19. The summed E-state index contributed by atoms with van der Waals surface area (Å²) >= 11 is 1.56. The molecule has 1 heterocycles. The van der Waals surface area contributed by atoms with Crippen LogP contribution < -0.4 is 10.1 Å². The third-order valence-electron chi connectivity index (χ3n) is 3.98. The van der Waals surface area contributed by atoms with Crippen LogP contribution in [0.2, 0.25) is 0 Å². The van der Waals surface area contributed by atoms with Gasteiger partial charge in [0.2, 0.25) is 5.88 Å². The summed E-state index contributed by atoms with van der Waals surface area (Å²) in [5.74, 6) is 1.23. The minimum Gasteiger partial charge on any atom is -0.476 e. The molecule has 6 nitrogen and oxygen atoms in total. The van der Waals surface area contributed by atoms with Crippen molar-refractivity contribution in [3.63, 3.8) is 0 Å².